The molecular formula is C17H27N3OS. The molecule has 0 bridgehead atoms. The number of hydrogen-bond donors (Lipinski definition) is 2. The maximum atomic E-state index is 10.3. The van der Waals surface area contributed by atoms with Crippen molar-refractivity contribution in [2.24, 2.45) is 18.4 Å². The Balaban J connectivity index is 2.01. The zero-order chi connectivity index (χ0) is 16.3. The molecule has 22 heavy (non-hydrogen) atoms. The predicted octanol–water partition coefficient (Wildman–Crippen LogP) is 3.28. The summed E-state index contributed by atoms with van der Waals surface area (Å²) >= 11 is 1.71. The Bertz CT molecular complexity index is 587. The van der Waals surface area contributed by atoms with E-state index in [-0.39, 0.29) is 17.4 Å². The topological polar surface area (TPSA) is 50.1 Å². The first-order chi connectivity index (χ1) is 10.3. The van der Waals surface area contributed by atoms with Crippen LogP contribution in [-0.2, 0) is 13.6 Å². The van der Waals surface area contributed by atoms with Gasteiger partial charge in [-0.1, -0.05) is 33.8 Å². The van der Waals surface area contributed by atoms with E-state index in [2.05, 4.69) is 55.8 Å². The van der Waals surface area contributed by atoms with Gasteiger partial charge in [0.2, 0.25) is 0 Å². The molecule has 122 valence electrons. The van der Waals surface area contributed by atoms with Crippen LogP contribution in [-0.4, -0.2) is 27.5 Å². The number of nitrogens with one attached hydrogen (secondary N) is 1. The van der Waals surface area contributed by atoms with Crippen LogP contribution >= 0.6 is 11.3 Å². The van der Waals surface area contributed by atoms with Gasteiger partial charge >= 0.3 is 0 Å². The van der Waals surface area contributed by atoms with Crippen molar-refractivity contribution in [1.82, 2.24) is 15.1 Å². The first-order valence-electron chi connectivity index (χ1n) is 7.76. The lowest BCUT2D eigenvalue weighted by Crippen LogP contribution is -2.41. The average Bonchev–Trinajstić information content (AvgIpc) is 3.06. The molecule has 5 heteroatoms. The number of hydrogen-bond acceptors (Lipinski definition) is 4. The van der Waals surface area contributed by atoms with Gasteiger partial charge in [-0.05, 0) is 17.4 Å². The Morgan fingerprint density at radius 2 is 2.14 bits per heavy atom. The second-order valence-corrected chi connectivity index (χ2v) is 7.88. The van der Waals surface area contributed by atoms with Gasteiger partial charge in [-0.15, -0.1) is 11.3 Å². The zero-order valence-corrected chi connectivity index (χ0v) is 14.9. The van der Waals surface area contributed by atoms with Crippen molar-refractivity contribution in [1.29, 1.82) is 0 Å². The Labute approximate surface area is 137 Å². The summed E-state index contributed by atoms with van der Waals surface area (Å²) in [6.07, 6.45) is 1.75. The van der Waals surface area contributed by atoms with Crippen LogP contribution < -0.4 is 5.32 Å². The first-order valence-corrected chi connectivity index (χ1v) is 8.64. The summed E-state index contributed by atoms with van der Waals surface area (Å²) in [5.41, 5.74) is 2.09. The summed E-state index contributed by atoms with van der Waals surface area (Å²) in [5, 5.41) is 20.4. The van der Waals surface area contributed by atoms with Gasteiger partial charge in [0.15, 0.2) is 0 Å². The molecule has 0 amide bonds. The van der Waals surface area contributed by atoms with Crippen molar-refractivity contribution in [3.63, 3.8) is 0 Å². The van der Waals surface area contributed by atoms with Gasteiger partial charge in [-0.3, -0.25) is 4.68 Å². The number of thiophene rings is 1. The van der Waals surface area contributed by atoms with Gasteiger partial charge < -0.3 is 10.4 Å². The number of aliphatic hydroxyl groups is 1. The molecule has 0 saturated carbocycles. The Morgan fingerprint density at radius 3 is 2.73 bits per heavy atom. The van der Waals surface area contributed by atoms with Gasteiger partial charge in [0.1, 0.15) is 5.69 Å². The molecule has 0 aliphatic rings. The highest BCUT2D eigenvalue weighted by atomic mass is 32.1. The molecule has 2 aromatic rings. The van der Waals surface area contributed by atoms with E-state index in [1.807, 2.05) is 17.8 Å². The number of nitrogens with zero attached hydrogens (tertiary/aromatic N) is 2. The third-order valence-corrected chi connectivity index (χ3v) is 4.86. The third-order valence-electron chi connectivity index (χ3n) is 3.99. The maximum absolute atomic E-state index is 10.3. The molecule has 0 aromatic carbocycles. The lowest BCUT2D eigenvalue weighted by atomic mass is 9.80. The van der Waals surface area contributed by atoms with Gasteiger partial charge in [0, 0.05) is 37.3 Å². The standard InChI is InChI=1S/C17H27N3OS/c1-12(2)16(21)17(3,4)11-18-9-13-10-20(5)19-15(13)14-7-6-8-22-14/h6-8,10,12,16,18,21H,9,11H2,1-5H3. The number of aliphatic hydroxyl groups excluding tert-OH is 1. The molecule has 0 fully saturated rings. The molecule has 0 radical (unpaired) electrons. The Morgan fingerprint density at radius 1 is 1.41 bits per heavy atom. The van der Waals surface area contributed by atoms with Gasteiger partial charge in [-0.25, -0.2) is 0 Å². The average molecular weight is 321 g/mol. The highest BCUT2D eigenvalue weighted by molar-refractivity contribution is 7.13. The molecule has 0 aliphatic carbocycles. The minimum Gasteiger partial charge on any atom is -0.392 e. The maximum Gasteiger partial charge on any atom is 0.107 e. The zero-order valence-electron chi connectivity index (χ0n) is 14.1. The molecule has 0 aliphatic heterocycles. The molecule has 2 rings (SSSR count). The fourth-order valence-electron chi connectivity index (χ4n) is 2.81. The van der Waals surface area contributed by atoms with Crippen LogP contribution in [0.5, 0.6) is 0 Å². The van der Waals surface area contributed by atoms with Crippen LogP contribution in [0.15, 0.2) is 23.7 Å². The molecule has 2 N–H and O–H groups in total. The molecule has 2 heterocycles. The number of rotatable bonds is 7. The Kier molecular flexibility index (Phi) is 5.42. The van der Waals surface area contributed by atoms with E-state index in [0.29, 0.717) is 0 Å². The van der Waals surface area contributed by atoms with Gasteiger partial charge in [0.25, 0.3) is 0 Å². The van der Waals surface area contributed by atoms with Crippen molar-refractivity contribution in [3.8, 4) is 10.6 Å². The lowest BCUT2D eigenvalue weighted by Gasteiger charge is -2.33. The second-order valence-electron chi connectivity index (χ2n) is 6.93. The normalized spacial score (nSPS) is 13.8. The summed E-state index contributed by atoms with van der Waals surface area (Å²) in [6, 6.07) is 4.15. The summed E-state index contributed by atoms with van der Waals surface area (Å²) < 4.78 is 1.86. The smallest absolute Gasteiger partial charge is 0.107 e. The minimum absolute atomic E-state index is 0.153. The molecule has 0 saturated heterocycles. The largest absolute Gasteiger partial charge is 0.392 e. The van der Waals surface area contributed by atoms with Gasteiger partial charge in [0.05, 0.1) is 11.0 Å². The summed E-state index contributed by atoms with van der Waals surface area (Å²) in [6.45, 7) is 9.85. The molecule has 4 nitrogen and oxygen atoms in total. The van der Waals surface area contributed by atoms with Crippen molar-refractivity contribution in [3.05, 3.63) is 29.3 Å². The monoisotopic (exact) mass is 321 g/mol. The second kappa shape index (κ2) is 6.94. The molecule has 1 unspecified atom stereocenters. The fourth-order valence-corrected chi connectivity index (χ4v) is 3.56. The van der Waals surface area contributed by atoms with Crippen LogP contribution in [0.2, 0.25) is 0 Å². The lowest BCUT2D eigenvalue weighted by molar-refractivity contribution is 0.0134. The van der Waals surface area contributed by atoms with Crippen molar-refractivity contribution in [2.75, 3.05) is 6.54 Å². The van der Waals surface area contributed by atoms with E-state index in [1.165, 1.54) is 10.4 Å². The van der Waals surface area contributed by atoms with E-state index < -0.39 is 0 Å². The van der Waals surface area contributed by atoms with Crippen LogP contribution in [0.25, 0.3) is 10.6 Å². The summed E-state index contributed by atoms with van der Waals surface area (Å²) in [4.78, 5) is 1.19. The number of aromatic nitrogens is 2. The minimum atomic E-state index is -0.314. The molecule has 1 atom stereocenters. The highest BCUT2D eigenvalue weighted by Crippen LogP contribution is 2.28. The first kappa shape index (κ1) is 17.2. The van der Waals surface area contributed by atoms with Crippen LogP contribution in [0.3, 0.4) is 0 Å². The van der Waals surface area contributed by atoms with Crippen molar-refractivity contribution in [2.45, 2.75) is 40.3 Å². The predicted molar refractivity (Wildman–Crippen MR) is 92.9 cm³/mol. The summed E-state index contributed by atoms with van der Waals surface area (Å²) in [5.74, 6) is 0.261. The third kappa shape index (κ3) is 3.97. The van der Waals surface area contributed by atoms with Crippen LogP contribution in [0.4, 0.5) is 0 Å². The van der Waals surface area contributed by atoms with Crippen molar-refractivity contribution >= 4 is 11.3 Å². The quantitative estimate of drug-likeness (QED) is 0.823. The van der Waals surface area contributed by atoms with E-state index in [9.17, 15) is 5.11 Å². The highest BCUT2D eigenvalue weighted by Gasteiger charge is 2.29. The van der Waals surface area contributed by atoms with E-state index in [0.717, 1.165) is 18.8 Å². The van der Waals surface area contributed by atoms with E-state index >= 15 is 0 Å². The van der Waals surface area contributed by atoms with E-state index in [4.69, 9.17) is 0 Å². The van der Waals surface area contributed by atoms with Gasteiger partial charge in [-0.2, -0.15) is 5.10 Å². The van der Waals surface area contributed by atoms with Crippen LogP contribution in [0, 0.1) is 11.3 Å². The molecule has 0 spiro atoms. The molecular weight excluding hydrogens is 294 g/mol. The van der Waals surface area contributed by atoms with E-state index in [1.54, 1.807) is 11.3 Å². The van der Waals surface area contributed by atoms with Crippen molar-refractivity contribution < 1.29 is 5.11 Å². The fraction of sp³-hybridized carbons (Fsp3) is 0.588. The van der Waals surface area contributed by atoms with Crippen LogP contribution in [0.1, 0.15) is 33.3 Å². The molecule has 2 aromatic heterocycles. The Hall–Kier alpha value is -1.17. The number of aryl methyl sites for hydroxylation is 1. The summed E-state index contributed by atoms with van der Waals surface area (Å²) in [7, 11) is 1.95. The SMILES string of the molecule is CC(C)C(O)C(C)(C)CNCc1cn(C)nc1-c1cccs1.